The highest BCUT2D eigenvalue weighted by atomic mass is 16.5. The van der Waals surface area contributed by atoms with Crippen molar-refractivity contribution in [1.29, 1.82) is 0 Å². The van der Waals surface area contributed by atoms with Crippen LogP contribution < -0.4 is 10.1 Å². The van der Waals surface area contributed by atoms with E-state index in [-0.39, 0.29) is 5.56 Å². The van der Waals surface area contributed by atoms with Crippen molar-refractivity contribution in [3.8, 4) is 11.5 Å². The molecular weight excluding hydrogens is 290 g/mol. The Balaban J connectivity index is 1.90. The number of rotatable bonds is 1. The molecule has 4 heteroatoms. The van der Waals surface area contributed by atoms with Crippen LogP contribution in [0.3, 0.4) is 0 Å². The summed E-state index contributed by atoms with van der Waals surface area (Å²) in [5, 5.41) is 14.7. The summed E-state index contributed by atoms with van der Waals surface area (Å²) in [6, 6.07) is 13.3. The molecule has 2 N–H and O–H groups in total. The highest BCUT2D eigenvalue weighted by Crippen LogP contribution is 2.45. The third-order valence-corrected chi connectivity index (χ3v) is 4.29. The van der Waals surface area contributed by atoms with E-state index in [1.54, 1.807) is 18.2 Å². The first-order valence-electron chi connectivity index (χ1n) is 7.39. The van der Waals surface area contributed by atoms with E-state index >= 15 is 0 Å². The predicted octanol–water partition coefficient (Wildman–Crippen LogP) is 5.00. The second kappa shape index (κ2) is 4.74. The van der Waals surface area contributed by atoms with Gasteiger partial charge in [-0.05, 0) is 60.0 Å². The number of carbonyl (C=O) groups is 1. The van der Waals surface area contributed by atoms with E-state index in [4.69, 9.17) is 4.74 Å². The van der Waals surface area contributed by atoms with E-state index in [2.05, 4.69) is 31.3 Å². The van der Waals surface area contributed by atoms with Crippen molar-refractivity contribution in [2.75, 3.05) is 5.32 Å². The SMILES string of the molecule is Cc1cc2cc3c(cc2cc1C)Oc1cccc(C(=O)O)c1N3. The highest BCUT2D eigenvalue weighted by Gasteiger charge is 2.22. The molecule has 0 aliphatic carbocycles. The molecule has 23 heavy (non-hydrogen) atoms. The molecule has 1 aliphatic heterocycles. The average molecular weight is 305 g/mol. The van der Waals surface area contributed by atoms with Crippen LogP contribution in [0.1, 0.15) is 21.5 Å². The Bertz CT molecular complexity index is 976. The Morgan fingerprint density at radius 2 is 1.70 bits per heavy atom. The lowest BCUT2D eigenvalue weighted by atomic mass is 10.0. The molecule has 0 radical (unpaired) electrons. The van der Waals surface area contributed by atoms with Gasteiger partial charge in [0, 0.05) is 0 Å². The van der Waals surface area contributed by atoms with Crippen LogP contribution in [-0.4, -0.2) is 11.1 Å². The molecule has 0 unspecified atom stereocenters. The number of aryl methyl sites for hydroxylation is 2. The number of aromatic carboxylic acids is 1. The normalized spacial score (nSPS) is 12.1. The molecule has 3 aromatic rings. The Morgan fingerprint density at radius 1 is 1.00 bits per heavy atom. The third kappa shape index (κ3) is 2.11. The lowest BCUT2D eigenvalue weighted by Crippen LogP contribution is -2.08. The maximum atomic E-state index is 11.4. The van der Waals surface area contributed by atoms with Crippen molar-refractivity contribution in [2.24, 2.45) is 0 Å². The van der Waals surface area contributed by atoms with Crippen molar-refractivity contribution in [1.82, 2.24) is 0 Å². The summed E-state index contributed by atoms with van der Waals surface area (Å²) >= 11 is 0. The minimum Gasteiger partial charge on any atom is -0.478 e. The molecule has 0 amide bonds. The van der Waals surface area contributed by atoms with Crippen molar-refractivity contribution >= 4 is 28.1 Å². The van der Waals surface area contributed by atoms with E-state index < -0.39 is 5.97 Å². The van der Waals surface area contributed by atoms with Gasteiger partial charge in [0.1, 0.15) is 0 Å². The minimum atomic E-state index is -0.978. The van der Waals surface area contributed by atoms with Crippen molar-refractivity contribution in [3.05, 3.63) is 59.2 Å². The van der Waals surface area contributed by atoms with E-state index in [1.807, 2.05) is 12.1 Å². The molecule has 1 aliphatic rings. The quantitative estimate of drug-likeness (QED) is 0.519. The Labute approximate surface area is 133 Å². The van der Waals surface area contributed by atoms with Gasteiger partial charge in [-0.25, -0.2) is 4.79 Å². The first kappa shape index (κ1) is 13.6. The fourth-order valence-corrected chi connectivity index (χ4v) is 2.92. The molecule has 0 atom stereocenters. The van der Waals surface area contributed by atoms with Crippen molar-refractivity contribution in [2.45, 2.75) is 13.8 Å². The van der Waals surface area contributed by atoms with Gasteiger partial charge in [-0.2, -0.15) is 0 Å². The summed E-state index contributed by atoms with van der Waals surface area (Å²) in [6.07, 6.45) is 0. The monoisotopic (exact) mass is 305 g/mol. The molecule has 0 spiro atoms. The van der Waals surface area contributed by atoms with Gasteiger partial charge in [0.15, 0.2) is 11.5 Å². The van der Waals surface area contributed by atoms with Gasteiger partial charge in [0.25, 0.3) is 0 Å². The van der Waals surface area contributed by atoms with Gasteiger partial charge < -0.3 is 15.2 Å². The molecular formula is C19H15NO3. The van der Waals surface area contributed by atoms with Crippen LogP contribution in [0.2, 0.25) is 0 Å². The number of ether oxygens (including phenoxy) is 1. The van der Waals surface area contributed by atoms with Crippen LogP contribution in [-0.2, 0) is 0 Å². The molecule has 0 bridgehead atoms. The van der Waals surface area contributed by atoms with Crippen LogP contribution in [0.5, 0.6) is 11.5 Å². The van der Waals surface area contributed by atoms with Crippen LogP contribution in [0.4, 0.5) is 11.4 Å². The molecule has 114 valence electrons. The second-order valence-electron chi connectivity index (χ2n) is 5.84. The molecule has 3 aromatic carbocycles. The topological polar surface area (TPSA) is 58.6 Å². The van der Waals surface area contributed by atoms with Crippen LogP contribution in [0.25, 0.3) is 10.8 Å². The Kier molecular flexibility index (Phi) is 2.81. The van der Waals surface area contributed by atoms with Gasteiger partial charge in [-0.15, -0.1) is 0 Å². The van der Waals surface area contributed by atoms with Gasteiger partial charge in [-0.1, -0.05) is 18.2 Å². The number of para-hydroxylation sites is 1. The lowest BCUT2D eigenvalue weighted by molar-refractivity contribution is 0.0697. The van der Waals surface area contributed by atoms with Crippen molar-refractivity contribution in [3.63, 3.8) is 0 Å². The van der Waals surface area contributed by atoms with E-state index in [0.29, 0.717) is 17.2 Å². The first-order chi connectivity index (χ1) is 11.0. The molecule has 0 aromatic heterocycles. The summed E-state index contributed by atoms with van der Waals surface area (Å²) < 4.78 is 5.92. The lowest BCUT2D eigenvalue weighted by Gasteiger charge is -2.23. The molecule has 0 saturated carbocycles. The van der Waals surface area contributed by atoms with Crippen LogP contribution in [0.15, 0.2) is 42.5 Å². The highest BCUT2D eigenvalue weighted by molar-refractivity contribution is 6.00. The summed E-state index contributed by atoms with van der Waals surface area (Å²) in [6.45, 7) is 4.16. The molecule has 4 nitrogen and oxygen atoms in total. The number of carboxylic acids is 1. The smallest absolute Gasteiger partial charge is 0.337 e. The van der Waals surface area contributed by atoms with Gasteiger partial charge in [0.2, 0.25) is 0 Å². The van der Waals surface area contributed by atoms with Gasteiger partial charge >= 0.3 is 5.97 Å². The fourth-order valence-electron chi connectivity index (χ4n) is 2.92. The van der Waals surface area contributed by atoms with Crippen molar-refractivity contribution < 1.29 is 14.6 Å². The summed E-state index contributed by atoms with van der Waals surface area (Å²) in [5.41, 5.74) is 3.93. The van der Waals surface area contributed by atoms with E-state index in [1.165, 1.54) is 11.1 Å². The largest absolute Gasteiger partial charge is 0.478 e. The predicted molar refractivity (Wildman–Crippen MR) is 90.2 cm³/mol. The minimum absolute atomic E-state index is 0.202. The summed E-state index contributed by atoms with van der Waals surface area (Å²) in [4.78, 5) is 11.4. The third-order valence-electron chi connectivity index (χ3n) is 4.29. The van der Waals surface area contributed by atoms with Gasteiger partial charge in [-0.3, -0.25) is 0 Å². The molecule has 0 fully saturated rings. The molecule has 0 saturated heterocycles. The standard InChI is InChI=1S/C19H15NO3/c1-10-6-12-8-15-17(9-13(12)7-11(10)2)23-16-5-3-4-14(19(21)22)18(16)20-15/h3-9,20H,1-2H3,(H,21,22). The van der Waals surface area contributed by atoms with E-state index in [9.17, 15) is 9.90 Å². The zero-order valence-electron chi connectivity index (χ0n) is 12.8. The maximum absolute atomic E-state index is 11.4. The summed E-state index contributed by atoms with van der Waals surface area (Å²) in [5.74, 6) is 0.255. The second-order valence-corrected chi connectivity index (χ2v) is 5.84. The number of hydrogen-bond donors (Lipinski definition) is 2. The Morgan fingerprint density at radius 3 is 2.39 bits per heavy atom. The number of nitrogens with one attached hydrogen (secondary N) is 1. The van der Waals surface area contributed by atoms with Gasteiger partial charge in [0.05, 0.1) is 16.9 Å². The number of carboxylic acid groups (broad SMARTS) is 1. The number of fused-ring (bicyclic) bond motifs is 3. The number of benzene rings is 3. The van der Waals surface area contributed by atoms with E-state index in [0.717, 1.165) is 16.5 Å². The van der Waals surface area contributed by atoms with Crippen LogP contribution in [0, 0.1) is 13.8 Å². The fraction of sp³-hybridized carbons (Fsp3) is 0.105. The van der Waals surface area contributed by atoms with Crippen LogP contribution >= 0.6 is 0 Å². The number of hydrogen-bond acceptors (Lipinski definition) is 3. The average Bonchev–Trinajstić information content (AvgIpc) is 2.51. The zero-order chi connectivity index (χ0) is 16.1. The summed E-state index contributed by atoms with van der Waals surface area (Å²) in [7, 11) is 0. The maximum Gasteiger partial charge on any atom is 0.337 e. The Hall–Kier alpha value is -3.01. The number of anilines is 2. The molecule has 4 rings (SSSR count). The molecule has 1 heterocycles. The zero-order valence-corrected chi connectivity index (χ0v) is 12.8. The first-order valence-corrected chi connectivity index (χ1v) is 7.39.